The molecule has 2 aromatic carbocycles. The van der Waals surface area contributed by atoms with E-state index in [0.29, 0.717) is 15.1 Å². The van der Waals surface area contributed by atoms with Gasteiger partial charge in [0.2, 0.25) is 0 Å². The summed E-state index contributed by atoms with van der Waals surface area (Å²) in [5.74, 6) is -3.08. The number of aromatic carboxylic acids is 1. The van der Waals surface area contributed by atoms with E-state index in [0.717, 1.165) is 11.0 Å². The first-order valence-electron chi connectivity index (χ1n) is 10.9. The van der Waals surface area contributed by atoms with Crippen LogP contribution in [0.25, 0.3) is 5.70 Å². The molecule has 186 valence electrons. The molecule has 0 fully saturated rings. The Kier molecular flexibility index (Phi) is 6.77. The molecule has 36 heavy (non-hydrogen) atoms. The van der Waals surface area contributed by atoms with Crippen molar-refractivity contribution in [3.05, 3.63) is 82.3 Å². The Morgan fingerprint density at radius 1 is 1.17 bits per heavy atom. The third kappa shape index (κ3) is 4.65. The second kappa shape index (κ2) is 9.94. The van der Waals surface area contributed by atoms with Gasteiger partial charge in [0.05, 0.1) is 11.3 Å². The number of ether oxygens (including phenoxy) is 1. The maximum absolute atomic E-state index is 14.5. The largest absolute Gasteiger partial charge is 0.478 e. The summed E-state index contributed by atoms with van der Waals surface area (Å²) in [6, 6.07) is 11.4. The van der Waals surface area contributed by atoms with Crippen molar-refractivity contribution in [1.82, 2.24) is 19.8 Å². The van der Waals surface area contributed by atoms with E-state index < -0.39 is 41.0 Å². The number of carbonyl (C=O) groups is 2. The van der Waals surface area contributed by atoms with Gasteiger partial charge in [0.15, 0.2) is 5.75 Å². The van der Waals surface area contributed by atoms with Gasteiger partial charge in [-0.15, -0.1) is 4.68 Å². The summed E-state index contributed by atoms with van der Waals surface area (Å²) in [6.45, 7) is 3.24. The van der Waals surface area contributed by atoms with Crippen LogP contribution in [0.1, 0.15) is 30.6 Å². The molecule has 0 bridgehead atoms. The number of aromatic nitrogens is 4. The van der Waals surface area contributed by atoms with Crippen molar-refractivity contribution in [2.24, 2.45) is 5.92 Å². The van der Waals surface area contributed by atoms with E-state index in [1.54, 1.807) is 44.2 Å². The number of rotatable bonds is 6. The average molecular weight is 497 g/mol. The summed E-state index contributed by atoms with van der Waals surface area (Å²) in [7, 11) is 0. The number of carboxylic acids is 1. The van der Waals surface area contributed by atoms with Crippen molar-refractivity contribution in [3.63, 3.8) is 0 Å². The van der Waals surface area contributed by atoms with E-state index >= 15 is 0 Å². The highest BCUT2D eigenvalue weighted by atomic mass is 19.1. The first-order valence-corrected chi connectivity index (χ1v) is 10.9. The highest BCUT2D eigenvalue weighted by Gasteiger charge is 2.29. The zero-order chi connectivity index (χ0) is 26.0. The summed E-state index contributed by atoms with van der Waals surface area (Å²) in [5, 5.41) is 16.4. The molecule has 1 amide bonds. The van der Waals surface area contributed by atoms with Gasteiger partial charge in [-0.1, -0.05) is 25.1 Å². The van der Waals surface area contributed by atoms with Gasteiger partial charge in [-0.25, -0.2) is 23.2 Å². The van der Waals surface area contributed by atoms with E-state index in [1.807, 2.05) is 0 Å². The number of hydrogen-bond donors (Lipinski definition) is 1. The van der Waals surface area contributed by atoms with E-state index in [2.05, 4.69) is 10.4 Å². The molecule has 10 nitrogen and oxygen atoms in total. The minimum Gasteiger partial charge on any atom is -0.478 e. The molecule has 3 aromatic rings. The van der Waals surface area contributed by atoms with E-state index in [-0.39, 0.29) is 30.0 Å². The minimum absolute atomic E-state index is 0.0124. The lowest BCUT2D eigenvalue weighted by Gasteiger charge is -2.23. The summed E-state index contributed by atoms with van der Waals surface area (Å²) >= 11 is 0. The Morgan fingerprint density at radius 2 is 1.89 bits per heavy atom. The van der Waals surface area contributed by atoms with Gasteiger partial charge in [-0.2, -0.15) is 4.68 Å². The maximum Gasteiger partial charge on any atom is 0.377 e. The molecule has 1 N–H and O–H groups in total. The molecule has 1 aliphatic carbocycles. The van der Waals surface area contributed by atoms with Crippen LogP contribution in [-0.2, 0) is 0 Å². The van der Waals surface area contributed by atoms with Crippen LogP contribution >= 0.6 is 0 Å². The number of tetrazole rings is 1. The van der Waals surface area contributed by atoms with E-state index in [9.17, 15) is 28.3 Å². The quantitative estimate of drug-likeness (QED) is 0.500. The predicted octanol–water partition coefficient (Wildman–Crippen LogP) is 4.46. The smallest absolute Gasteiger partial charge is 0.377 e. The first-order chi connectivity index (χ1) is 17.2. The summed E-state index contributed by atoms with van der Waals surface area (Å²) in [6.07, 6.45) is 1.02. The monoisotopic (exact) mass is 497 g/mol. The Labute approximate surface area is 203 Å². The molecule has 0 saturated carbocycles. The third-order valence-corrected chi connectivity index (χ3v) is 5.41. The molecule has 1 unspecified atom stereocenters. The number of nitrogens with zero attached hydrogens (tertiary/aromatic N) is 5. The van der Waals surface area contributed by atoms with E-state index in [1.165, 1.54) is 18.2 Å². The van der Waals surface area contributed by atoms with Crippen molar-refractivity contribution < 1.29 is 28.2 Å². The number of anilines is 1. The number of halogens is 2. The standard InChI is InChI=1S/C24H21F2N5O5/c1-3-29(19-10-9-15(22(32)33)13-20(19)36-16-7-5-4-6-8-16)23(34)31-24(35)30(27-28-31)21-17(25)11-14(2)12-18(21)26/h4-11,13-14H,3,12H2,1-2H3,(H,32,33). The molecule has 0 spiro atoms. The van der Waals surface area contributed by atoms with Crippen LogP contribution < -0.4 is 15.3 Å². The Morgan fingerprint density at radius 3 is 2.53 bits per heavy atom. The van der Waals surface area contributed by atoms with Crippen LogP contribution in [0.5, 0.6) is 11.5 Å². The van der Waals surface area contributed by atoms with Crippen molar-refractivity contribution in [3.8, 4) is 11.5 Å². The highest BCUT2D eigenvalue weighted by molar-refractivity contribution is 5.96. The molecule has 0 radical (unpaired) electrons. The molecule has 12 heteroatoms. The maximum atomic E-state index is 14.5. The van der Waals surface area contributed by atoms with Gasteiger partial charge in [-0.3, -0.25) is 4.90 Å². The normalized spacial score (nSPS) is 15.4. The van der Waals surface area contributed by atoms with Crippen molar-refractivity contribution >= 4 is 23.4 Å². The van der Waals surface area contributed by atoms with Gasteiger partial charge in [0, 0.05) is 13.0 Å². The second-order valence-electron chi connectivity index (χ2n) is 7.96. The topological polar surface area (TPSA) is 120 Å². The van der Waals surface area contributed by atoms with Crippen molar-refractivity contribution in [1.29, 1.82) is 0 Å². The Hall–Kier alpha value is -4.61. The highest BCUT2D eigenvalue weighted by Crippen LogP contribution is 2.34. The molecular formula is C24H21F2N5O5. The fraction of sp³-hybridized carbons (Fsp3) is 0.208. The van der Waals surface area contributed by atoms with Crippen LogP contribution in [0.2, 0.25) is 0 Å². The fourth-order valence-electron chi connectivity index (χ4n) is 3.71. The number of para-hydroxylation sites is 1. The first kappa shape index (κ1) is 24.5. The van der Waals surface area contributed by atoms with Gasteiger partial charge in [-0.05, 0) is 59.7 Å². The number of hydrogen-bond acceptors (Lipinski definition) is 6. The summed E-state index contributed by atoms with van der Waals surface area (Å²) in [5.41, 5.74) is -1.82. The predicted molar refractivity (Wildman–Crippen MR) is 125 cm³/mol. The lowest BCUT2D eigenvalue weighted by atomic mass is 10.00. The molecule has 1 aliphatic rings. The zero-order valence-electron chi connectivity index (χ0n) is 19.3. The van der Waals surface area contributed by atoms with Gasteiger partial charge < -0.3 is 9.84 Å². The van der Waals surface area contributed by atoms with Crippen molar-refractivity contribution in [2.75, 3.05) is 11.4 Å². The molecule has 1 heterocycles. The lowest BCUT2D eigenvalue weighted by molar-refractivity contribution is 0.0696. The van der Waals surface area contributed by atoms with Gasteiger partial charge in [0.25, 0.3) is 0 Å². The SMILES string of the molecule is CCN(C(=O)n1nnn(C2=C(F)CC(C)C=C2F)c1=O)c1ccc(C(=O)O)cc1Oc1ccccc1. The van der Waals surface area contributed by atoms with Gasteiger partial charge in [0.1, 0.15) is 23.1 Å². The molecule has 4 rings (SSSR count). The zero-order valence-corrected chi connectivity index (χ0v) is 19.3. The minimum atomic E-state index is -1.21. The van der Waals surface area contributed by atoms with Crippen LogP contribution in [0, 0.1) is 5.92 Å². The van der Waals surface area contributed by atoms with Crippen LogP contribution in [0.4, 0.5) is 19.3 Å². The molecule has 1 atom stereocenters. The third-order valence-electron chi connectivity index (χ3n) is 5.41. The lowest BCUT2D eigenvalue weighted by Crippen LogP contribution is -2.41. The Balaban J connectivity index is 1.74. The van der Waals surface area contributed by atoms with Gasteiger partial charge >= 0.3 is 17.7 Å². The van der Waals surface area contributed by atoms with Crippen LogP contribution in [0.15, 0.2) is 71.1 Å². The number of carbonyl (C=O) groups excluding carboxylic acids is 1. The molecule has 0 aliphatic heterocycles. The number of carboxylic acid groups (broad SMARTS) is 1. The van der Waals surface area contributed by atoms with Crippen LogP contribution in [-0.4, -0.2) is 43.4 Å². The van der Waals surface area contributed by atoms with Crippen LogP contribution in [0.3, 0.4) is 0 Å². The molecule has 1 aromatic heterocycles. The molecule has 0 saturated heterocycles. The van der Waals surface area contributed by atoms with Crippen molar-refractivity contribution in [2.45, 2.75) is 20.3 Å². The average Bonchev–Trinajstić information content (AvgIpc) is 3.21. The molecular weight excluding hydrogens is 476 g/mol. The number of benzene rings is 2. The summed E-state index contributed by atoms with van der Waals surface area (Å²) in [4.78, 5) is 38.8. The van der Waals surface area contributed by atoms with E-state index in [4.69, 9.17) is 4.74 Å². The number of amides is 1. The second-order valence-corrected chi connectivity index (χ2v) is 7.96. The Bertz CT molecular complexity index is 1440. The fourth-order valence-corrected chi connectivity index (χ4v) is 3.71. The number of allylic oxidation sites excluding steroid dienone is 4. The summed E-state index contributed by atoms with van der Waals surface area (Å²) < 4.78 is 35.5.